The molecule has 0 saturated heterocycles. The molecule has 4 rings (SSSR count). The fourth-order valence-electron chi connectivity index (χ4n) is 2.70. The Labute approximate surface area is 169 Å². The van der Waals surface area contributed by atoms with Gasteiger partial charge in [-0.1, -0.05) is 29.5 Å². The minimum atomic E-state index is -0.309. The molecule has 0 fully saturated rings. The maximum atomic E-state index is 13.5. The minimum absolute atomic E-state index is 0.0412. The summed E-state index contributed by atoms with van der Waals surface area (Å²) in [5, 5.41) is 4.77. The molecule has 8 heteroatoms. The molecule has 0 unspecified atom stereocenters. The van der Waals surface area contributed by atoms with E-state index in [1.165, 1.54) is 35.2 Å². The summed E-state index contributed by atoms with van der Waals surface area (Å²) in [6.07, 6.45) is 3.56. The van der Waals surface area contributed by atoms with Crippen molar-refractivity contribution in [3.8, 4) is 0 Å². The van der Waals surface area contributed by atoms with Gasteiger partial charge in [0.2, 0.25) is 5.91 Å². The van der Waals surface area contributed by atoms with Crippen molar-refractivity contribution in [3.63, 3.8) is 0 Å². The first-order valence-corrected chi connectivity index (χ1v) is 10.5. The lowest BCUT2D eigenvalue weighted by Gasteiger charge is -2.19. The Hall–Kier alpha value is -2.71. The Morgan fingerprint density at radius 1 is 1.18 bits per heavy atom. The summed E-state index contributed by atoms with van der Waals surface area (Å²) < 4.78 is 16.0. The number of amides is 1. The fraction of sp³-hybridized carbons (Fsp3) is 0.150. The normalized spacial score (nSPS) is 11.0. The summed E-state index contributed by atoms with van der Waals surface area (Å²) in [5.41, 5.74) is 0.689. The highest BCUT2D eigenvalue weighted by Gasteiger charge is 2.20. The van der Waals surface area contributed by atoms with Crippen molar-refractivity contribution >= 4 is 44.4 Å². The highest BCUT2D eigenvalue weighted by Crippen LogP contribution is 2.30. The van der Waals surface area contributed by atoms with Crippen molar-refractivity contribution in [2.24, 2.45) is 0 Å². The quantitative estimate of drug-likeness (QED) is 0.421. The van der Waals surface area contributed by atoms with E-state index in [4.69, 9.17) is 0 Å². The molecule has 0 radical (unpaired) electrons. The van der Waals surface area contributed by atoms with Crippen molar-refractivity contribution in [2.45, 2.75) is 11.4 Å². The van der Waals surface area contributed by atoms with Crippen LogP contribution in [0.25, 0.3) is 10.2 Å². The van der Waals surface area contributed by atoms with Gasteiger partial charge >= 0.3 is 0 Å². The molecule has 0 N–H and O–H groups in total. The molecule has 0 aliphatic heterocycles. The number of hydrogen-bond acceptors (Lipinski definition) is 5. The van der Waals surface area contributed by atoms with E-state index in [-0.39, 0.29) is 11.7 Å². The molecule has 2 aromatic heterocycles. The van der Waals surface area contributed by atoms with Gasteiger partial charge < -0.3 is 0 Å². The first-order valence-electron chi connectivity index (χ1n) is 8.71. The number of anilines is 1. The predicted octanol–water partition coefficient (Wildman–Crippen LogP) is 4.46. The van der Waals surface area contributed by atoms with Crippen molar-refractivity contribution in [1.29, 1.82) is 0 Å². The second-order valence-electron chi connectivity index (χ2n) is 6.02. The van der Waals surface area contributed by atoms with Gasteiger partial charge in [0.1, 0.15) is 5.82 Å². The lowest BCUT2D eigenvalue weighted by atomic mass is 10.3. The number of thiazole rings is 1. The zero-order valence-electron chi connectivity index (χ0n) is 14.9. The number of thioether (sulfide) groups is 1. The summed E-state index contributed by atoms with van der Waals surface area (Å²) in [6.45, 7) is 0.997. The van der Waals surface area contributed by atoms with Crippen LogP contribution < -0.4 is 4.90 Å². The Morgan fingerprint density at radius 2 is 2.04 bits per heavy atom. The van der Waals surface area contributed by atoms with Gasteiger partial charge in [-0.3, -0.25) is 14.4 Å². The van der Waals surface area contributed by atoms with Crippen LogP contribution in [-0.4, -0.2) is 33.0 Å². The second-order valence-corrected chi connectivity index (χ2v) is 8.08. The van der Waals surface area contributed by atoms with Gasteiger partial charge in [-0.05, 0) is 36.4 Å². The van der Waals surface area contributed by atoms with Crippen LogP contribution in [0.5, 0.6) is 0 Å². The Kier molecular flexibility index (Phi) is 5.68. The van der Waals surface area contributed by atoms with E-state index < -0.39 is 0 Å². The van der Waals surface area contributed by atoms with E-state index >= 15 is 0 Å². The van der Waals surface area contributed by atoms with Crippen LogP contribution in [0.2, 0.25) is 0 Å². The first-order chi connectivity index (χ1) is 13.7. The van der Waals surface area contributed by atoms with Gasteiger partial charge in [0, 0.05) is 23.8 Å². The second kappa shape index (κ2) is 8.53. The highest BCUT2D eigenvalue weighted by atomic mass is 32.2. The summed E-state index contributed by atoms with van der Waals surface area (Å²) in [4.78, 5) is 20.2. The number of benzene rings is 2. The summed E-state index contributed by atoms with van der Waals surface area (Å²) in [7, 11) is 0. The number of nitrogens with zero attached hydrogens (tertiary/aromatic N) is 4. The molecule has 0 bridgehead atoms. The van der Waals surface area contributed by atoms with Crippen LogP contribution in [0.4, 0.5) is 9.52 Å². The van der Waals surface area contributed by atoms with Crippen LogP contribution in [0, 0.1) is 5.82 Å². The molecule has 0 aliphatic rings. The van der Waals surface area contributed by atoms with Crippen LogP contribution in [0.1, 0.15) is 0 Å². The first kappa shape index (κ1) is 18.6. The number of rotatable bonds is 7. The van der Waals surface area contributed by atoms with Gasteiger partial charge in [-0.2, -0.15) is 5.10 Å². The zero-order chi connectivity index (χ0) is 19.3. The topological polar surface area (TPSA) is 51.0 Å². The molecule has 28 heavy (non-hydrogen) atoms. The lowest BCUT2D eigenvalue weighted by Crippen LogP contribution is -2.35. The van der Waals surface area contributed by atoms with Gasteiger partial charge in [-0.25, -0.2) is 9.37 Å². The summed E-state index contributed by atoms with van der Waals surface area (Å²) >= 11 is 2.81. The van der Waals surface area contributed by atoms with E-state index in [1.807, 2.05) is 42.6 Å². The molecule has 142 valence electrons. The van der Waals surface area contributed by atoms with E-state index in [0.717, 1.165) is 9.60 Å². The molecule has 0 aliphatic carbocycles. The highest BCUT2D eigenvalue weighted by molar-refractivity contribution is 8.00. The van der Waals surface area contributed by atoms with E-state index in [0.29, 0.717) is 29.5 Å². The van der Waals surface area contributed by atoms with E-state index in [9.17, 15) is 9.18 Å². The van der Waals surface area contributed by atoms with Gasteiger partial charge in [0.15, 0.2) is 5.13 Å². The average molecular weight is 413 g/mol. The van der Waals surface area contributed by atoms with E-state index in [2.05, 4.69) is 10.1 Å². The van der Waals surface area contributed by atoms with E-state index in [1.54, 1.807) is 21.8 Å². The molecule has 0 atom stereocenters. The SMILES string of the molecule is O=C(CSc1ccccc1)N(CCn1cccn1)c1nc2ccc(F)cc2s1. The number of carbonyl (C=O) groups is 1. The van der Waals surface area contributed by atoms with Crippen molar-refractivity contribution in [3.05, 3.63) is 72.8 Å². The minimum Gasteiger partial charge on any atom is -0.285 e. The van der Waals surface area contributed by atoms with Crippen molar-refractivity contribution in [2.75, 3.05) is 17.2 Å². The molecule has 2 aromatic carbocycles. The van der Waals surface area contributed by atoms with Gasteiger partial charge in [-0.15, -0.1) is 11.8 Å². The average Bonchev–Trinajstić information content (AvgIpc) is 3.37. The molecule has 5 nitrogen and oxygen atoms in total. The van der Waals surface area contributed by atoms with Crippen LogP contribution in [0.15, 0.2) is 71.9 Å². The lowest BCUT2D eigenvalue weighted by molar-refractivity contribution is -0.116. The number of halogens is 1. The molecule has 4 aromatic rings. The summed E-state index contributed by atoms with van der Waals surface area (Å²) in [5.74, 6) is -0.0507. The number of hydrogen-bond donors (Lipinski definition) is 0. The monoisotopic (exact) mass is 412 g/mol. The molecule has 0 spiro atoms. The Bertz CT molecular complexity index is 1070. The number of aromatic nitrogens is 3. The van der Waals surface area contributed by atoms with Crippen LogP contribution in [0.3, 0.4) is 0 Å². The molecule has 2 heterocycles. The largest absolute Gasteiger partial charge is 0.285 e. The number of carbonyl (C=O) groups excluding carboxylic acids is 1. The van der Waals surface area contributed by atoms with Crippen LogP contribution >= 0.6 is 23.1 Å². The van der Waals surface area contributed by atoms with Crippen LogP contribution in [-0.2, 0) is 11.3 Å². The van der Waals surface area contributed by atoms with Gasteiger partial charge in [0.05, 0.1) is 22.5 Å². The maximum absolute atomic E-state index is 13.5. The Morgan fingerprint density at radius 3 is 2.82 bits per heavy atom. The molecular formula is C20H17FN4OS2. The smallest absolute Gasteiger partial charge is 0.239 e. The summed E-state index contributed by atoms with van der Waals surface area (Å²) in [6, 6.07) is 16.1. The maximum Gasteiger partial charge on any atom is 0.239 e. The molecular weight excluding hydrogens is 395 g/mol. The molecule has 1 amide bonds. The standard InChI is InChI=1S/C20H17FN4OS2/c21-15-7-8-17-18(13-15)28-20(23-17)25(12-11-24-10-4-9-22-24)19(26)14-27-16-5-2-1-3-6-16/h1-10,13H,11-12,14H2. The number of fused-ring (bicyclic) bond motifs is 1. The third-order valence-corrected chi connectivity index (χ3v) is 6.13. The predicted molar refractivity (Wildman–Crippen MR) is 111 cm³/mol. The van der Waals surface area contributed by atoms with Crippen molar-refractivity contribution < 1.29 is 9.18 Å². The van der Waals surface area contributed by atoms with Gasteiger partial charge in [0.25, 0.3) is 0 Å². The third kappa shape index (κ3) is 4.40. The third-order valence-electron chi connectivity index (χ3n) is 4.09. The zero-order valence-corrected chi connectivity index (χ0v) is 16.5. The Balaban J connectivity index is 1.55. The van der Waals surface area contributed by atoms with Crippen molar-refractivity contribution in [1.82, 2.24) is 14.8 Å². The molecule has 0 saturated carbocycles. The fourth-order valence-corrected chi connectivity index (χ4v) is 4.53.